The van der Waals surface area contributed by atoms with E-state index in [4.69, 9.17) is 8.92 Å². The Balaban J connectivity index is 1.69. The van der Waals surface area contributed by atoms with Crippen LogP contribution in [0.3, 0.4) is 0 Å². The molecule has 2 rings (SSSR count). The van der Waals surface area contributed by atoms with E-state index in [2.05, 4.69) is 32.6 Å². The molecule has 0 amide bonds. The van der Waals surface area contributed by atoms with Crippen molar-refractivity contribution >= 4 is 12.0 Å². The Morgan fingerprint density at radius 2 is 2.17 bits per heavy atom. The molecule has 2 heterocycles. The van der Waals surface area contributed by atoms with Gasteiger partial charge in [-0.2, -0.15) is 0 Å². The first kappa shape index (κ1) is 20.2. The van der Waals surface area contributed by atoms with Crippen LogP contribution < -0.4 is 0 Å². The van der Waals surface area contributed by atoms with Crippen molar-refractivity contribution in [3.8, 4) is 0 Å². The molecule has 0 spiro atoms. The maximum atomic E-state index is 14.0. The van der Waals surface area contributed by atoms with E-state index in [0.717, 1.165) is 44.0 Å². The van der Waals surface area contributed by atoms with Crippen LogP contribution in [0.5, 0.6) is 0 Å². The molecular formula is C19H34FNO2S. The van der Waals surface area contributed by atoms with Crippen LogP contribution in [-0.4, -0.2) is 54.3 Å². The van der Waals surface area contributed by atoms with E-state index in [1.165, 1.54) is 6.42 Å². The maximum absolute atomic E-state index is 14.0. The SMILES string of the molecule is CC(=CC1(F)COC1)CN1CCC(SOC(C)(C)CCC(C)C)C1. The average Bonchev–Trinajstić information content (AvgIpc) is 2.89. The normalized spacial score (nSPS) is 25.3. The van der Waals surface area contributed by atoms with Crippen molar-refractivity contribution in [1.82, 2.24) is 4.90 Å². The zero-order valence-corrected chi connectivity index (χ0v) is 16.8. The lowest BCUT2D eigenvalue weighted by molar-refractivity contribution is -0.0999. The Hall–Kier alpha value is -0.100. The monoisotopic (exact) mass is 359 g/mol. The Labute approximate surface area is 151 Å². The van der Waals surface area contributed by atoms with Crippen LogP contribution in [0.25, 0.3) is 0 Å². The van der Waals surface area contributed by atoms with Gasteiger partial charge in [0.05, 0.1) is 18.8 Å². The summed E-state index contributed by atoms with van der Waals surface area (Å²) in [6.07, 6.45) is 5.18. The molecule has 2 aliphatic rings. The molecular weight excluding hydrogens is 325 g/mol. The van der Waals surface area contributed by atoms with Gasteiger partial charge in [-0.3, -0.25) is 4.90 Å². The zero-order chi connectivity index (χ0) is 17.8. The van der Waals surface area contributed by atoms with E-state index in [9.17, 15) is 4.39 Å². The summed E-state index contributed by atoms with van der Waals surface area (Å²) in [5.74, 6) is 0.717. The summed E-state index contributed by atoms with van der Waals surface area (Å²) in [7, 11) is 0. The highest BCUT2D eigenvalue weighted by atomic mass is 32.2. The molecule has 0 N–H and O–H groups in total. The molecule has 5 heteroatoms. The number of ether oxygens (including phenoxy) is 1. The van der Waals surface area contributed by atoms with Crippen molar-refractivity contribution < 1.29 is 13.3 Å². The molecule has 2 aliphatic heterocycles. The average molecular weight is 360 g/mol. The predicted molar refractivity (Wildman–Crippen MR) is 100 cm³/mol. The van der Waals surface area contributed by atoms with E-state index < -0.39 is 5.67 Å². The number of hydrogen-bond acceptors (Lipinski definition) is 4. The van der Waals surface area contributed by atoms with Gasteiger partial charge in [-0.15, -0.1) is 0 Å². The third-order valence-electron chi connectivity index (χ3n) is 4.62. The second kappa shape index (κ2) is 8.52. The fourth-order valence-corrected chi connectivity index (χ4v) is 4.07. The Bertz CT molecular complexity index is 435. The first-order valence-electron chi connectivity index (χ1n) is 9.19. The van der Waals surface area contributed by atoms with E-state index in [0.29, 0.717) is 5.25 Å². The van der Waals surface area contributed by atoms with Gasteiger partial charge in [-0.05, 0) is 70.6 Å². The minimum Gasteiger partial charge on any atom is -0.374 e. The van der Waals surface area contributed by atoms with Crippen molar-refractivity contribution in [2.75, 3.05) is 32.8 Å². The molecule has 0 radical (unpaired) electrons. The van der Waals surface area contributed by atoms with Gasteiger partial charge in [-0.1, -0.05) is 19.4 Å². The number of likely N-dealkylation sites (tertiary alicyclic amines) is 1. The second-order valence-corrected chi connectivity index (χ2v) is 9.56. The first-order chi connectivity index (χ1) is 11.2. The summed E-state index contributed by atoms with van der Waals surface area (Å²) in [6.45, 7) is 14.2. The van der Waals surface area contributed by atoms with Gasteiger partial charge in [0, 0.05) is 18.3 Å². The molecule has 140 valence electrons. The highest BCUT2D eigenvalue weighted by Crippen LogP contribution is 2.32. The first-order valence-corrected chi connectivity index (χ1v) is 10.00. The molecule has 2 fully saturated rings. The number of nitrogens with zero attached hydrogens (tertiary/aromatic N) is 1. The zero-order valence-electron chi connectivity index (χ0n) is 15.9. The third kappa shape index (κ3) is 6.66. The van der Waals surface area contributed by atoms with Crippen LogP contribution in [0.2, 0.25) is 0 Å². The highest BCUT2D eigenvalue weighted by molar-refractivity contribution is 7.95. The lowest BCUT2D eigenvalue weighted by atomic mass is 9.97. The van der Waals surface area contributed by atoms with Gasteiger partial charge in [0.25, 0.3) is 0 Å². The van der Waals surface area contributed by atoms with Crippen LogP contribution in [0.4, 0.5) is 4.39 Å². The quantitative estimate of drug-likeness (QED) is 0.442. The fraction of sp³-hybridized carbons (Fsp3) is 0.895. The van der Waals surface area contributed by atoms with Gasteiger partial charge < -0.3 is 8.92 Å². The lowest BCUT2D eigenvalue weighted by Gasteiger charge is -2.31. The number of alkyl halides is 1. The standard InChI is InChI=1S/C19H34FNO2S/c1-15(2)6-8-18(4,5)23-24-17-7-9-21(12-17)11-16(3)10-19(20)13-22-14-19/h10,15,17H,6-9,11-14H2,1-5H3. The lowest BCUT2D eigenvalue weighted by Crippen LogP contribution is -2.44. The van der Waals surface area contributed by atoms with E-state index in [1.807, 2.05) is 6.92 Å². The summed E-state index contributed by atoms with van der Waals surface area (Å²) in [5.41, 5.74) is -0.186. The Morgan fingerprint density at radius 3 is 2.75 bits per heavy atom. The maximum Gasteiger partial charge on any atom is 0.175 e. The largest absolute Gasteiger partial charge is 0.374 e. The van der Waals surface area contributed by atoms with E-state index in [1.54, 1.807) is 18.1 Å². The fourth-order valence-electron chi connectivity index (χ4n) is 3.12. The van der Waals surface area contributed by atoms with Crippen molar-refractivity contribution in [2.45, 2.75) is 70.4 Å². The second-order valence-electron chi connectivity index (χ2n) is 8.54. The van der Waals surface area contributed by atoms with Crippen LogP contribution >= 0.6 is 12.0 Å². The van der Waals surface area contributed by atoms with Gasteiger partial charge >= 0.3 is 0 Å². The molecule has 1 unspecified atom stereocenters. The van der Waals surface area contributed by atoms with Crippen LogP contribution in [0.1, 0.15) is 53.9 Å². The Morgan fingerprint density at radius 1 is 1.46 bits per heavy atom. The van der Waals surface area contributed by atoms with Crippen molar-refractivity contribution in [2.24, 2.45) is 5.92 Å². The van der Waals surface area contributed by atoms with Gasteiger partial charge in [0.2, 0.25) is 0 Å². The number of halogens is 1. The van der Waals surface area contributed by atoms with Crippen molar-refractivity contribution in [1.29, 1.82) is 0 Å². The molecule has 1 atom stereocenters. The number of rotatable bonds is 9. The molecule has 0 aromatic heterocycles. The summed E-state index contributed by atoms with van der Waals surface area (Å²) in [4.78, 5) is 2.40. The molecule has 0 aromatic carbocycles. The molecule has 2 saturated heterocycles. The van der Waals surface area contributed by atoms with Crippen LogP contribution in [-0.2, 0) is 8.92 Å². The summed E-state index contributed by atoms with van der Waals surface area (Å²) in [5, 5.41) is 0.516. The number of hydrogen-bond donors (Lipinski definition) is 0. The molecule has 0 bridgehead atoms. The summed E-state index contributed by atoms with van der Waals surface area (Å²) >= 11 is 1.65. The topological polar surface area (TPSA) is 21.7 Å². The molecule has 24 heavy (non-hydrogen) atoms. The predicted octanol–water partition coefficient (Wildman–Crippen LogP) is 4.63. The molecule has 0 saturated carbocycles. The smallest absolute Gasteiger partial charge is 0.175 e. The van der Waals surface area contributed by atoms with Crippen molar-refractivity contribution in [3.05, 3.63) is 11.6 Å². The van der Waals surface area contributed by atoms with Crippen molar-refractivity contribution in [3.63, 3.8) is 0 Å². The van der Waals surface area contributed by atoms with Gasteiger partial charge in [0.1, 0.15) is 0 Å². The van der Waals surface area contributed by atoms with Crippen LogP contribution in [0.15, 0.2) is 11.6 Å². The minimum atomic E-state index is -1.22. The van der Waals surface area contributed by atoms with Crippen LogP contribution in [0, 0.1) is 5.92 Å². The third-order valence-corrected chi connectivity index (χ3v) is 5.83. The molecule has 0 aliphatic carbocycles. The highest BCUT2D eigenvalue weighted by Gasteiger charge is 2.36. The van der Waals surface area contributed by atoms with Gasteiger partial charge in [-0.25, -0.2) is 4.39 Å². The Kier molecular flexibility index (Phi) is 7.18. The molecule has 3 nitrogen and oxygen atoms in total. The summed E-state index contributed by atoms with van der Waals surface area (Å²) in [6, 6.07) is 0. The minimum absolute atomic E-state index is 0.0665. The van der Waals surface area contributed by atoms with Gasteiger partial charge in [0.15, 0.2) is 5.67 Å². The summed E-state index contributed by atoms with van der Waals surface area (Å²) < 4.78 is 25.1. The van der Waals surface area contributed by atoms with E-state index in [-0.39, 0.29) is 18.8 Å². The molecule has 0 aromatic rings. The van der Waals surface area contributed by atoms with E-state index >= 15 is 0 Å².